The number of hydrogen-bond acceptors (Lipinski definition) is 7. The number of hydrogen-bond donors (Lipinski definition) is 3. The Kier molecular flexibility index (Phi) is 5.64. The van der Waals surface area contributed by atoms with Crippen molar-refractivity contribution in [3.8, 4) is 28.5 Å². The highest BCUT2D eigenvalue weighted by molar-refractivity contribution is 5.92. The molecule has 10 heteroatoms. The van der Waals surface area contributed by atoms with Gasteiger partial charge in [-0.15, -0.1) is 0 Å². The summed E-state index contributed by atoms with van der Waals surface area (Å²) >= 11 is 0. The van der Waals surface area contributed by atoms with E-state index in [9.17, 15) is 0 Å². The molecule has 0 saturated carbocycles. The van der Waals surface area contributed by atoms with Gasteiger partial charge in [0.1, 0.15) is 11.0 Å². The van der Waals surface area contributed by atoms with Gasteiger partial charge in [-0.1, -0.05) is 30.3 Å². The van der Waals surface area contributed by atoms with Crippen molar-refractivity contribution in [2.24, 2.45) is 0 Å². The standard InChI is InChI=1S/C29H24N10/c1-18-16-39(17-33-18)24-9-10-32-28-26(24)35-29(36-28)27-25-23(37-38-27)8-7-22(34-25)21-11-20(14-31-15-21)13-30-12-19-5-3-2-4-6-19/h2-11,14-17,30H,12-13H2,1H3,(H,37,38)(H,32,35,36). The van der Waals surface area contributed by atoms with E-state index in [-0.39, 0.29) is 0 Å². The Morgan fingerprint density at radius 2 is 1.79 bits per heavy atom. The highest BCUT2D eigenvalue weighted by Crippen LogP contribution is 2.29. The maximum atomic E-state index is 4.96. The molecule has 0 amide bonds. The number of nitrogens with one attached hydrogen (secondary N) is 3. The summed E-state index contributed by atoms with van der Waals surface area (Å²) in [7, 11) is 0. The third-order valence-corrected chi connectivity index (χ3v) is 6.58. The van der Waals surface area contributed by atoms with Gasteiger partial charge in [0.05, 0.1) is 28.9 Å². The molecule has 0 aliphatic heterocycles. The van der Waals surface area contributed by atoms with Crippen LogP contribution in [0.25, 0.3) is 50.7 Å². The molecule has 10 nitrogen and oxygen atoms in total. The minimum absolute atomic E-state index is 0.592. The molecule has 0 spiro atoms. The number of pyridine rings is 3. The van der Waals surface area contributed by atoms with Gasteiger partial charge in [0.2, 0.25) is 0 Å². The second-order valence-electron chi connectivity index (χ2n) is 9.37. The van der Waals surface area contributed by atoms with Crippen molar-refractivity contribution in [2.45, 2.75) is 20.0 Å². The van der Waals surface area contributed by atoms with Crippen LogP contribution in [-0.4, -0.2) is 44.7 Å². The fourth-order valence-electron chi connectivity index (χ4n) is 4.67. The lowest BCUT2D eigenvalue weighted by Crippen LogP contribution is -2.12. The third kappa shape index (κ3) is 4.42. The summed E-state index contributed by atoms with van der Waals surface area (Å²) in [6, 6.07) is 18.3. The normalized spacial score (nSPS) is 11.5. The molecular formula is C29H24N10. The Labute approximate surface area is 223 Å². The number of imidazole rings is 2. The molecule has 7 aromatic rings. The van der Waals surface area contributed by atoms with E-state index in [1.807, 2.05) is 66.5 Å². The van der Waals surface area contributed by atoms with Gasteiger partial charge in [0, 0.05) is 43.4 Å². The Hall–Kier alpha value is -5.22. The summed E-state index contributed by atoms with van der Waals surface area (Å²) < 4.78 is 1.94. The average Bonchev–Trinajstić information content (AvgIpc) is 3.71. The van der Waals surface area contributed by atoms with Crippen LogP contribution in [0, 0.1) is 6.92 Å². The number of rotatable bonds is 7. The topological polar surface area (TPSA) is 126 Å². The van der Waals surface area contributed by atoms with Crippen molar-refractivity contribution in [1.82, 2.24) is 50.0 Å². The monoisotopic (exact) mass is 512 g/mol. The first-order chi connectivity index (χ1) is 19.2. The molecule has 39 heavy (non-hydrogen) atoms. The largest absolute Gasteiger partial charge is 0.321 e. The second kappa shape index (κ2) is 9.58. The van der Waals surface area contributed by atoms with Gasteiger partial charge in [0.15, 0.2) is 17.2 Å². The molecule has 0 fully saturated rings. The van der Waals surface area contributed by atoms with Crippen LogP contribution in [-0.2, 0) is 13.1 Å². The van der Waals surface area contributed by atoms with Crippen molar-refractivity contribution >= 4 is 22.2 Å². The molecule has 190 valence electrons. The van der Waals surface area contributed by atoms with Crippen molar-refractivity contribution < 1.29 is 0 Å². The van der Waals surface area contributed by atoms with Gasteiger partial charge < -0.3 is 14.9 Å². The SMILES string of the molecule is Cc1cn(-c2ccnc3[nH]c(-c4n[nH]c5ccc(-c6cncc(CNCc7ccccc7)c6)nc45)nc23)cn1. The van der Waals surface area contributed by atoms with E-state index in [1.54, 1.807) is 12.5 Å². The van der Waals surface area contributed by atoms with Crippen LogP contribution in [0.2, 0.25) is 0 Å². The van der Waals surface area contributed by atoms with Crippen LogP contribution in [0.15, 0.2) is 85.7 Å². The molecule has 3 N–H and O–H groups in total. The number of aryl methyl sites for hydroxylation is 1. The van der Waals surface area contributed by atoms with E-state index in [1.165, 1.54) is 5.56 Å². The van der Waals surface area contributed by atoms with E-state index < -0.39 is 0 Å². The number of nitrogens with zero attached hydrogens (tertiary/aromatic N) is 7. The van der Waals surface area contributed by atoms with E-state index >= 15 is 0 Å². The van der Waals surface area contributed by atoms with Gasteiger partial charge >= 0.3 is 0 Å². The molecule has 1 aromatic carbocycles. The Morgan fingerprint density at radius 3 is 2.67 bits per heavy atom. The third-order valence-electron chi connectivity index (χ3n) is 6.58. The smallest absolute Gasteiger partial charge is 0.162 e. The minimum Gasteiger partial charge on any atom is -0.321 e. The predicted molar refractivity (Wildman–Crippen MR) is 149 cm³/mol. The molecule has 6 aromatic heterocycles. The maximum Gasteiger partial charge on any atom is 0.162 e. The Bertz CT molecular complexity index is 1920. The summed E-state index contributed by atoms with van der Waals surface area (Å²) in [5.74, 6) is 0.592. The molecule has 0 saturated heterocycles. The van der Waals surface area contributed by atoms with E-state index in [0.29, 0.717) is 23.7 Å². The molecule has 0 atom stereocenters. The molecule has 7 rings (SSSR count). The fraction of sp³-hybridized carbons (Fsp3) is 0.103. The predicted octanol–water partition coefficient (Wildman–Crippen LogP) is 4.74. The van der Waals surface area contributed by atoms with Crippen LogP contribution in [0.4, 0.5) is 0 Å². The molecule has 0 aliphatic rings. The van der Waals surface area contributed by atoms with E-state index in [2.05, 4.69) is 53.6 Å². The number of H-pyrrole nitrogens is 2. The molecule has 6 heterocycles. The van der Waals surface area contributed by atoms with Crippen LogP contribution in [0.1, 0.15) is 16.8 Å². The first kappa shape index (κ1) is 22.9. The highest BCUT2D eigenvalue weighted by Gasteiger charge is 2.17. The van der Waals surface area contributed by atoms with Crippen molar-refractivity contribution in [1.29, 1.82) is 0 Å². The highest BCUT2D eigenvalue weighted by atomic mass is 15.2. The zero-order valence-electron chi connectivity index (χ0n) is 21.1. The molecule has 0 bridgehead atoms. The zero-order valence-corrected chi connectivity index (χ0v) is 21.1. The Balaban J connectivity index is 1.20. The second-order valence-corrected chi connectivity index (χ2v) is 9.37. The molecular weight excluding hydrogens is 488 g/mol. The summed E-state index contributed by atoms with van der Waals surface area (Å²) in [6.07, 6.45) is 9.20. The Morgan fingerprint density at radius 1 is 0.897 bits per heavy atom. The minimum atomic E-state index is 0.592. The number of aromatic amines is 2. The lowest BCUT2D eigenvalue weighted by atomic mass is 10.1. The molecule has 0 radical (unpaired) electrons. The van der Waals surface area contributed by atoms with Crippen molar-refractivity contribution in [3.63, 3.8) is 0 Å². The first-order valence-electron chi connectivity index (χ1n) is 12.6. The van der Waals surface area contributed by atoms with Crippen molar-refractivity contribution in [3.05, 3.63) is 103 Å². The summed E-state index contributed by atoms with van der Waals surface area (Å²) in [6.45, 7) is 3.46. The maximum absolute atomic E-state index is 4.96. The van der Waals surface area contributed by atoms with Gasteiger partial charge in [-0.25, -0.2) is 19.9 Å². The molecule has 0 aliphatic carbocycles. The van der Waals surface area contributed by atoms with Crippen LogP contribution < -0.4 is 5.32 Å². The lowest BCUT2D eigenvalue weighted by Gasteiger charge is -2.07. The zero-order chi connectivity index (χ0) is 26.2. The number of aromatic nitrogens is 9. The van der Waals surface area contributed by atoms with Crippen molar-refractivity contribution in [2.75, 3.05) is 0 Å². The summed E-state index contributed by atoms with van der Waals surface area (Å²) in [5, 5.41) is 11.1. The molecule has 0 unspecified atom stereocenters. The quantitative estimate of drug-likeness (QED) is 0.282. The summed E-state index contributed by atoms with van der Waals surface area (Å²) in [4.78, 5) is 26.4. The van der Waals surface area contributed by atoms with Gasteiger partial charge in [-0.3, -0.25) is 10.1 Å². The van der Waals surface area contributed by atoms with E-state index in [0.717, 1.165) is 51.3 Å². The van der Waals surface area contributed by atoms with Crippen LogP contribution in [0.5, 0.6) is 0 Å². The van der Waals surface area contributed by atoms with Gasteiger partial charge in [-0.05, 0) is 42.3 Å². The van der Waals surface area contributed by atoms with Crippen LogP contribution >= 0.6 is 0 Å². The van der Waals surface area contributed by atoms with Gasteiger partial charge in [0.25, 0.3) is 0 Å². The summed E-state index contributed by atoms with van der Waals surface area (Å²) in [5.41, 5.74) is 9.47. The van der Waals surface area contributed by atoms with E-state index in [4.69, 9.17) is 9.97 Å². The average molecular weight is 513 g/mol. The fourth-order valence-corrected chi connectivity index (χ4v) is 4.67. The lowest BCUT2D eigenvalue weighted by molar-refractivity contribution is 0.691. The number of fused-ring (bicyclic) bond motifs is 2. The number of benzene rings is 1. The first-order valence-corrected chi connectivity index (χ1v) is 12.6. The van der Waals surface area contributed by atoms with Crippen LogP contribution in [0.3, 0.4) is 0 Å². The van der Waals surface area contributed by atoms with Gasteiger partial charge in [-0.2, -0.15) is 5.10 Å².